The Morgan fingerprint density at radius 3 is 2.33 bits per heavy atom. The van der Waals surface area contributed by atoms with E-state index < -0.39 is 17.5 Å². The van der Waals surface area contributed by atoms with Crippen molar-refractivity contribution in [3.8, 4) is 5.69 Å². The molecule has 2 N–H and O–H groups in total. The second-order valence-corrected chi connectivity index (χ2v) is 5.09. The maximum atomic E-state index is 14.0. The van der Waals surface area contributed by atoms with Crippen molar-refractivity contribution in [3.05, 3.63) is 51.8 Å². The molecule has 0 atom stereocenters. The number of fused-ring (bicyclic) bond motifs is 1. The molecule has 3 aromatic rings. The molecule has 1 heterocycles. The van der Waals surface area contributed by atoms with Gasteiger partial charge in [0.25, 0.3) is 0 Å². The van der Waals surface area contributed by atoms with Gasteiger partial charge in [-0.2, -0.15) is 0 Å². The standard InChI is InChI=1S/C13H6Cl2F3N3/c14-6-3-11-10(4-8(6)17)20-13(19)21(11)12-7(15)1-5(16)2-9(12)18/h1-4H,(H2,19,20). The van der Waals surface area contributed by atoms with Gasteiger partial charge in [0.1, 0.15) is 17.3 Å². The number of hydrogen-bond acceptors (Lipinski definition) is 2. The third-order valence-corrected chi connectivity index (χ3v) is 3.51. The summed E-state index contributed by atoms with van der Waals surface area (Å²) in [6.45, 7) is 0. The molecular weight excluding hydrogens is 326 g/mol. The van der Waals surface area contributed by atoms with Gasteiger partial charge < -0.3 is 5.73 Å². The fourth-order valence-electron chi connectivity index (χ4n) is 2.07. The van der Waals surface area contributed by atoms with Crippen molar-refractivity contribution in [1.29, 1.82) is 0 Å². The first-order chi connectivity index (χ1) is 9.88. The average molecular weight is 332 g/mol. The summed E-state index contributed by atoms with van der Waals surface area (Å²) in [5, 5.41) is -0.374. The Kier molecular flexibility index (Phi) is 3.22. The summed E-state index contributed by atoms with van der Waals surface area (Å²) < 4.78 is 41.7. The molecule has 0 saturated carbocycles. The highest BCUT2D eigenvalue weighted by Crippen LogP contribution is 2.32. The third-order valence-electron chi connectivity index (χ3n) is 2.93. The van der Waals surface area contributed by atoms with E-state index in [1.54, 1.807) is 0 Å². The molecule has 2 aromatic carbocycles. The molecule has 108 valence electrons. The monoisotopic (exact) mass is 331 g/mol. The van der Waals surface area contributed by atoms with E-state index in [-0.39, 0.29) is 32.7 Å². The Bertz CT molecular complexity index is 854. The Hall–Kier alpha value is -1.92. The number of aromatic nitrogens is 2. The van der Waals surface area contributed by atoms with Gasteiger partial charge in [-0.15, -0.1) is 0 Å². The van der Waals surface area contributed by atoms with Gasteiger partial charge in [-0.1, -0.05) is 23.2 Å². The Morgan fingerprint density at radius 2 is 1.67 bits per heavy atom. The summed E-state index contributed by atoms with van der Waals surface area (Å²) in [7, 11) is 0. The summed E-state index contributed by atoms with van der Waals surface area (Å²) >= 11 is 11.6. The van der Waals surface area contributed by atoms with Gasteiger partial charge in [0.15, 0.2) is 5.82 Å². The maximum absolute atomic E-state index is 14.0. The minimum atomic E-state index is -0.925. The van der Waals surface area contributed by atoms with Crippen LogP contribution in [0.25, 0.3) is 16.7 Å². The Balaban J connectivity index is 2.41. The molecule has 1 aromatic heterocycles. The van der Waals surface area contributed by atoms with Crippen LogP contribution in [-0.2, 0) is 0 Å². The maximum Gasteiger partial charge on any atom is 0.206 e. The third kappa shape index (κ3) is 2.20. The average Bonchev–Trinajstić information content (AvgIpc) is 2.66. The molecule has 0 radical (unpaired) electrons. The smallest absolute Gasteiger partial charge is 0.206 e. The van der Waals surface area contributed by atoms with Crippen LogP contribution in [0.3, 0.4) is 0 Å². The van der Waals surface area contributed by atoms with Crippen molar-refractivity contribution >= 4 is 40.2 Å². The number of halogens is 5. The Morgan fingerprint density at radius 1 is 0.952 bits per heavy atom. The van der Waals surface area contributed by atoms with Crippen molar-refractivity contribution < 1.29 is 13.2 Å². The molecule has 0 aliphatic carbocycles. The van der Waals surface area contributed by atoms with Crippen LogP contribution >= 0.6 is 23.2 Å². The van der Waals surface area contributed by atoms with E-state index in [1.807, 2.05) is 0 Å². The van der Waals surface area contributed by atoms with Crippen molar-refractivity contribution in [3.63, 3.8) is 0 Å². The van der Waals surface area contributed by atoms with Gasteiger partial charge in [0.05, 0.1) is 21.1 Å². The van der Waals surface area contributed by atoms with Crippen LogP contribution in [0.2, 0.25) is 10.0 Å². The molecular formula is C13H6Cl2F3N3. The minimum Gasteiger partial charge on any atom is -0.369 e. The molecule has 3 nitrogen and oxygen atoms in total. The van der Waals surface area contributed by atoms with Gasteiger partial charge >= 0.3 is 0 Å². The number of rotatable bonds is 1. The quantitative estimate of drug-likeness (QED) is 0.721. The number of nitrogens with zero attached hydrogens (tertiary/aromatic N) is 2. The molecule has 0 amide bonds. The van der Waals surface area contributed by atoms with Crippen LogP contribution in [-0.4, -0.2) is 9.55 Å². The van der Waals surface area contributed by atoms with E-state index in [0.29, 0.717) is 6.07 Å². The van der Waals surface area contributed by atoms with Gasteiger partial charge in [-0.25, -0.2) is 18.2 Å². The first-order valence-electron chi connectivity index (χ1n) is 5.66. The topological polar surface area (TPSA) is 43.8 Å². The van der Waals surface area contributed by atoms with E-state index in [1.165, 1.54) is 6.07 Å². The second kappa shape index (κ2) is 4.82. The lowest BCUT2D eigenvalue weighted by Crippen LogP contribution is -2.04. The van der Waals surface area contributed by atoms with E-state index in [2.05, 4.69) is 4.98 Å². The SMILES string of the molecule is Nc1nc2cc(F)c(Cl)cc2n1-c1c(F)cc(F)cc1Cl. The van der Waals surface area contributed by atoms with Gasteiger partial charge in [0, 0.05) is 12.1 Å². The molecule has 0 fully saturated rings. The number of hydrogen-bond donors (Lipinski definition) is 1. The van der Waals surface area contributed by atoms with Gasteiger partial charge in [-0.3, -0.25) is 4.57 Å². The van der Waals surface area contributed by atoms with Crippen LogP contribution < -0.4 is 5.73 Å². The highest BCUT2D eigenvalue weighted by atomic mass is 35.5. The van der Waals surface area contributed by atoms with E-state index in [9.17, 15) is 13.2 Å². The zero-order valence-electron chi connectivity index (χ0n) is 10.2. The summed E-state index contributed by atoms with van der Waals surface area (Å²) in [4.78, 5) is 3.92. The minimum absolute atomic E-state index is 0.126. The highest BCUT2D eigenvalue weighted by Gasteiger charge is 2.19. The van der Waals surface area contributed by atoms with Crippen LogP contribution in [0, 0.1) is 17.5 Å². The molecule has 3 rings (SSSR count). The lowest BCUT2D eigenvalue weighted by atomic mass is 10.2. The second-order valence-electron chi connectivity index (χ2n) is 4.28. The predicted octanol–water partition coefficient (Wildman–Crippen LogP) is 4.33. The highest BCUT2D eigenvalue weighted by molar-refractivity contribution is 6.32. The molecule has 0 spiro atoms. The number of anilines is 1. The fraction of sp³-hybridized carbons (Fsp3) is 0. The van der Waals surface area contributed by atoms with E-state index in [0.717, 1.165) is 16.7 Å². The largest absolute Gasteiger partial charge is 0.369 e. The summed E-state index contributed by atoms with van der Waals surface area (Å²) in [5.74, 6) is -2.56. The molecule has 0 aliphatic rings. The van der Waals surface area contributed by atoms with Crippen molar-refractivity contribution in [2.75, 3.05) is 5.73 Å². The van der Waals surface area contributed by atoms with Gasteiger partial charge in [-0.05, 0) is 12.1 Å². The number of imidazole rings is 1. The van der Waals surface area contributed by atoms with Crippen molar-refractivity contribution in [2.45, 2.75) is 0 Å². The summed E-state index contributed by atoms with van der Waals surface area (Å²) in [6, 6.07) is 3.92. The number of nitrogens with two attached hydrogens (primary N) is 1. The summed E-state index contributed by atoms with van der Waals surface area (Å²) in [6.07, 6.45) is 0. The molecule has 21 heavy (non-hydrogen) atoms. The van der Waals surface area contributed by atoms with Crippen molar-refractivity contribution in [2.24, 2.45) is 0 Å². The molecule has 0 aliphatic heterocycles. The first kappa shape index (κ1) is 14.0. The zero-order valence-corrected chi connectivity index (χ0v) is 11.7. The van der Waals surface area contributed by atoms with E-state index in [4.69, 9.17) is 28.9 Å². The van der Waals surface area contributed by atoms with Crippen molar-refractivity contribution in [1.82, 2.24) is 9.55 Å². The lowest BCUT2D eigenvalue weighted by molar-refractivity contribution is 0.579. The fourth-order valence-corrected chi connectivity index (χ4v) is 2.51. The van der Waals surface area contributed by atoms with Crippen LogP contribution in [0.1, 0.15) is 0 Å². The summed E-state index contributed by atoms with van der Waals surface area (Å²) in [5.41, 5.74) is 5.98. The van der Waals surface area contributed by atoms with Crippen LogP contribution in [0.5, 0.6) is 0 Å². The number of nitrogen functional groups attached to an aromatic ring is 1. The Labute approximate surface area is 126 Å². The molecule has 8 heteroatoms. The molecule has 0 saturated heterocycles. The molecule has 0 bridgehead atoms. The predicted molar refractivity (Wildman–Crippen MR) is 75.4 cm³/mol. The normalized spacial score (nSPS) is 11.3. The first-order valence-corrected chi connectivity index (χ1v) is 6.42. The van der Waals surface area contributed by atoms with Crippen LogP contribution in [0.4, 0.5) is 19.1 Å². The van der Waals surface area contributed by atoms with E-state index >= 15 is 0 Å². The molecule has 0 unspecified atom stereocenters. The van der Waals surface area contributed by atoms with Gasteiger partial charge in [0.2, 0.25) is 5.95 Å². The number of benzene rings is 2. The zero-order chi connectivity index (χ0) is 15.3. The lowest BCUT2D eigenvalue weighted by Gasteiger charge is -2.10. The van der Waals surface area contributed by atoms with Crippen LogP contribution in [0.15, 0.2) is 24.3 Å².